The van der Waals surface area contributed by atoms with Crippen molar-refractivity contribution in [1.29, 1.82) is 0 Å². The number of carbonyl (C=O) groups is 1. The molecule has 0 aromatic heterocycles. The van der Waals surface area contributed by atoms with Crippen LogP contribution in [0.5, 0.6) is 5.75 Å². The van der Waals surface area contributed by atoms with Crippen molar-refractivity contribution in [2.45, 2.75) is 19.3 Å². The Balaban J connectivity index is 1.67. The fraction of sp³-hybridized carbons (Fsp3) is 0.278. The predicted molar refractivity (Wildman–Crippen MR) is 87.7 cm³/mol. The number of unbranched alkanes of at least 4 members (excludes halogenated alkanes) is 1. The second-order valence-corrected chi connectivity index (χ2v) is 5.39. The molecule has 0 amide bonds. The summed E-state index contributed by atoms with van der Waals surface area (Å²) in [4.78, 5) is 11.8. The van der Waals surface area contributed by atoms with Gasteiger partial charge in [-0.15, -0.1) is 0 Å². The van der Waals surface area contributed by atoms with E-state index >= 15 is 0 Å². The molecule has 0 fully saturated rings. The lowest BCUT2D eigenvalue weighted by Gasteiger charge is -2.06. The van der Waals surface area contributed by atoms with Crippen LogP contribution in [-0.4, -0.2) is 19.7 Å². The van der Waals surface area contributed by atoms with Crippen molar-refractivity contribution in [1.82, 2.24) is 0 Å². The molecule has 0 radical (unpaired) electrons. The fourth-order valence-corrected chi connectivity index (χ4v) is 2.28. The Morgan fingerprint density at radius 1 is 1.09 bits per heavy atom. The number of hydrogen-bond acceptors (Lipinski definition) is 3. The van der Waals surface area contributed by atoms with Crippen LogP contribution in [0.1, 0.15) is 28.8 Å². The summed E-state index contributed by atoms with van der Waals surface area (Å²) in [6.07, 6.45) is 2.76. The minimum absolute atomic E-state index is 0.327. The van der Waals surface area contributed by atoms with Crippen LogP contribution in [0, 0.1) is 0 Å². The average molecular weight is 319 g/mol. The van der Waals surface area contributed by atoms with Gasteiger partial charge in [0.2, 0.25) is 0 Å². The van der Waals surface area contributed by atoms with Crippen molar-refractivity contribution < 1.29 is 14.3 Å². The monoisotopic (exact) mass is 318 g/mol. The number of rotatable bonds is 7. The highest BCUT2D eigenvalue weighted by atomic mass is 35.5. The van der Waals surface area contributed by atoms with Gasteiger partial charge in [-0.25, -0.2) is 4.79 Å². The van der Waals surface area contributed by atoms with Gasteiger partial charge in [0.15, 0.2) is 0 Å². The molecular formula is C18H19ClO3. The molecular weight excluding hydrogens is 300 g/mol. The Kier molecular flexibility index (Phi) is 6.28. The first-order valence-corrected chi connectivity index (χ1v) is 7.62. The number of hydrogen-bond donors (Lipinski definition) is 0. The van der Waals surface area contributed by atoms with E-state index in [4.69, 9.17) is 21.1 Å². The fourth-order valence-electron chi connectivity index (χ4n) is 2.09. The molecule has 4 heteroatoms. The lowest BCUT2D eigenvalue weighted by Crippen LogP contribution is -2.06. The zero-order chi connectivity index (χ0) is 15.8. The summed E-state index contributed by atoms with van der Waals surface area (Å²) in [5.74, 6) is 0.533. The lowest BCUT2D eigenvalue weighted by molar-refractivity contribution is 0.0498. The highest BCUT2D eigenvalue weighted by Gasteiger charge is 2.06. The van der Waals surface area contributed by atoms with Crippen LogP contribution < -0.4 is 4.74 Å². The number of aryl methyl sites for hydroxylation is 1. The van der Waals surface area contributed by atoms with Crippen molar-refractivity contribution in [3.63, 3.8) is 0 Å². The topological polar surface area (TPSA) is 35.5 Å². The van der Waals surface area contributed by atoms with Crippen LogP contribution in [0.3, 0.4) is 0 Å². The first kappa shape index (κ1) is 16.4. The molecule has 0 saturated heterocycles. The quantitative estimate of drug-likeness (QED) is 0.556. The molecule has 2 aromatic rings. The number of esters is 1. The molecule has 22 heavy (non-hydrogen) atoms. The second-order valence-electron chi connectivity index (χ2n) is 4.95. The summed E-state index contributed by atoms with van der Waals surface area (Å²) in [5, 5.41) is 0.536. The third-order valence-electron chi connectivity index (χ3n) is 3.31. The number of halogens is 1. The smallest absolute Gasteiger partial charge is 0.338 e. The molecule has 0 N–H and O–H groups in total. The van der Waals surface area contributed by atoms with E-state index in [1.54, 1.807) is 31.4 Å². The van der Waals surface area contributed by atoms with E-state index in [2.05, 4.69) is 12.1 Å². The van der Waals surface area contributed by atoms with E-state index < -0.39 is 0 Å². The predicted octanol–water partition coefficient (Wildman–Crippen LogP) is 4.53. The molecule has 0 aliphatic carbocycles. The zero-order valence-electron chi connectivity index (χ0n) is 12.5. The first-order valence-electron chi connectivity index (χ1n) is 7.24. The van der Waals surface area contributed by atoms with E-state index in [0.717, 1.165) is 25.0 Å². The molecule has 2 rings (SSSR count). The van der Waals surface area contributed by atoms with E-state index in [9.17, 15) is 4.79 Å². The SMILES string of the molecule is COc1ccc(CCCCOC(=O)c2cccc(Cl)c2)cc1. The third-order valence-corrected chi connectivity index (χ3v) is 3.55. The van der Waals surface area contributed by atoms with Crippen molar-refractivity contribution in [3.05, 3.63) is 64.7 Å². The number of ether oxygens (including phenoxy) is 2. The van der Waals surface area contributed by atoms with Gasteiger partial charge in [0, 0.05) is 5.02 Å². The van der Waals surface area contributed by atoms with Gasteiger partial charge in [-0.3, -0.25) is 0 Å². The lowest BCUT2D eigenvalue weighted by atomic mass is 10.1. The van der Waals surface area contributed by atoms with Gasteiger partial charge in [0.1, 0.15) is 5.75 Å². The third kappa shape index (κ3) is 5.08. The summed E-state index contributed by atoms with van der Waals surface area (Å²) >= 11 is 5.85. The Hall–Kier alpha value is -2.00. The van der Waals surface area contributed by atoms with Crippen LogP contribution in [-0.2, 0) is 11.2 Å². The molecule has 0 aliphatic rings. The molecule has 0 aliphatic heterocycles. The van der Waals surface area contributed by atoms with Crippen LogP contribution in [0.25, 0.3) is 0 Å². The highest BCUT2D eigenvalue weighted by Crippen LogP contribution is 2.14. The van der Waals surface area contributed by atoms with E-state index in [0.29, 0.717) is 17.2 Å². The normalized spacial score (nSPS) is 10.3. The van der Waals surface area contributed by atoms with Gasteiger partial charge in [0.05, 0.1) is 19.3 Å². The highest BCUT2D eigenvalue weighted by molar-refractivity contribution is 6.30. The zero-order valence-corrected chi connectivity index (χ0v) is 13.3. The van der Waals surface area contributed by atoms with Crippen molar-refractivity contribution in [3.8, 4) is 5.75 Å². The molecule has 0 saturated carbocycles. The van der Waals surface area contributed by atoms with Gasteiger partial charge >= 0.3 is 5.97 Å². The number of carbonyl (C=O) groups excluding carboxylic acids is 1. The molecule has 0 heterocycles. The first-order chi connectivity index (χ1) is 10.7. The molecule has 2 aromatic carbocycles. The van der Waals surface area contributed by atoms with E-state index in [-0.39, 0.29) is 5.97 Å². The minimum Gasteiger partial charge on any atom is -0.497 e. The maximum Gasteiger partial charge on any atom is 0.338 e. The van der Waals surface area contributed by atoms with Gasteiger partial charge in [-0.1, -0.05) is 29.8 Å². The van der Waals surface area contributed by atoms with Crippen molar-refractivity contribution in [2.75, 3.05) is 13.7 Å². The Morgan fingerprint density at radius 3 is 2.55 bits per heavy atom. The van der Waals surface area contributed by atoms with E-state index in [1.165, 1.54) is 5.56 Å². The summed E-state index contributed by atoms with van der Waals surface area (Å²) in [6, 6.07) is 14.8. The maximum atomic E-state index is 11.8. The Labute approximate surface area is 135 Å². The minimum atomic E-state index is -0.327. The number of methoxy groups -OCH3 is 1. The van der Waals surface area contributed by atoms with E-state index in [1.807, 2.05) is 12.1 Å². The van der Waals surface area contributed by atoms with Gasteiger partial charge in [0.25, 0.3) is 0 Å². The average Bonchev–Trinajstić information content (AvgIpc) is 2.55. The van der Waals surface area contributed by atoms with Crippen LogP contribution in [0.15, 0.2) is 48.5 Å². The summed E-state index contributed by atoms with van der Waals surface area (Å²) in [6.45, 7) is 0.418. The molecule has 3 nitrogen and oxygen atoms in total. The largest absolute Gasteiger partial charge is 0.497 e. The second kappa shape index (κ2) is 8.44. The Bertz CT molecular complexity index is 608. The Morgan fingerprint density at radius 2 is 1.86 bits per heavy atom. The maximum absolute atomic E-state index is 11.8. The van der Waals surface area contributed by atoms with Crippen molar-refractivity contribution in [2.24, 2.45) is 0 Å². The van der Waals surface area contributed by atoms with Gasteiger partial charge in [-0.05, 0) is 55.2 Å². The summed E-state index contributed by atoms with van der Waals surface area (Å²) < 4.78 is 10.4. The summed E-state index contributed by atoms with van der Waals surface area (Å²) in [5.41, 5.74) is 1.74. The molecule has 0 spiro atoms. The van der Waals surface area contributed by atoms with Crippen molar-refractivity contribution >= 4 is 17.6 Å². The molecule has 0 unspecified atom stereocenters. The summed E-state index contributed by atoms with van der Waals surface area (Å²) in [7, 11) is 1.66. The molecule has 0 atom stereocenters. The van der Waals surface area contributed by atoms with Crippen LogP contribution in [0.4, 0.5) is 0 Å². The molecule has 0 bridgehead atoms. The van der Waals surface area contributed by atoms with Gasteiger partial charge < -0.3 is 9.47 Å². The molecule has 116 valence electrons. The standard InChI is InChI=1S/C18H19ClO3/c1-21-17-10-8-14(9-11-17)5-2-3-12-22-18(20)15-6-4-7-16(19)13-15/h4,6-11,13H,2-3,5,12H2,1H3. The van der Waals surface area contributed by atoms with Crippen LogP contribution in [0.2, 0.25) is 5.02 Å². The van der Waals surface area contributed by atoms with Crippen LogP contribution >= 0.6 is 11.6 Å². The van der Waals surface area contributed by atoms with Gasteiger partial charge in [-0.2, -0.15) is 0 Å². The number of benzene rings is 2.